The van der Waals surface area contributed by atoms with Crippen molar-refractivity contribution in [1.29, 1.82) is 0 Å². The van der Waals surface area contributed by atoms with Crippen LogP contribution in [0.25, 0.3) is 10.8 Å². The van der Waals surface area contributed by atoms with Crippen molar-refractivity contribution < 1.29 is 38.1 Å². The average molecular weight is 491 g/mol. The molecule has 184 valence electrons. The van der Waals surface area contributed by atoms with Gasteiger partial charge in [0.05, 0.1) is 6.61 Å². The van der Waals surface area contributed by atoms with Gasteiger partial charge in [-0.1, -0.05) is 43.3 Å². The van der Waals surface area contributed by atoms with E-state index in [1.54, 1.807) is 0 Å². The van der Waals surface area contributed by atoms with Crippen LogP contribution in [-0.4, -0.2) is 60.1 Å². The van der Waals surface area contributed by atoms with E-state index in [2.05, 4.69) is 0 Å². The minimum atomic E-state index is -0.949. The Morgan fingerprint density at radius 1 is 0.882 bits per heavy atom. The van der Waals surface area contributed by atoms with E-state index in [4.69, 9.17) is 23.7 Å². The van der Waals surface area contributed by atoms with Gasteiger partial charge < -0.3 is 23.7 Å². The summed E-state index contributed by atoms with van der Waals surface area (Å²) in [6.45, 7) is 5.88. The van der Waals surface area contributed by atoms with Crippen molar-refractivity contribution in [3.05, 3.63) is 48.0 Å². The normalized spacial score (nSPS) is 24.4. The maximum Gasteiger partial charge on any atom is 0.303 e. The van der Waals surface area contributed by atoms with E-state index in [0.717, 1.165) is 16.3 Å². The number of benzene rings is 2. The van der Waals surface area contributed by atoms with Gasteiger partial charge in [0.15, 0.2) is 12.2 Å². The Morgan fingerprint density at radius 2 is 1.56 bits per heavy atom. The number of carbonyl (C=O) groups is 3. The van der Waals surface area contributed by atoms with Crippen LogP contribution in [0.1, 0.15) is 33.3 Å². The number of esters is 3. The molecule has 2 aromatic rings. The molecule has 0 aliphatic carbocycles. The van der Waals surface area contributed by atoms with Crippen molar-refractivity contribution >= 4 is 40.4 Å². The minimum Gasteiger partial charge on any atom is -0.463 e. The van der Waals surface area contributed by atoms with Crippen molar-refractivity contribution in [2.45, 2.75) is 64.2 Å². The Labute approximate surface area is 203 Å². The first-order valence-corrected chi connectivity index (χ1v) is 12.2. The van der Waals surface area contributed by atoms with Crippen molar-refractivity contribution in [2.24, 2.45) is 0 Å². The van der Waals surface area contributed by atoms with Gasteiger partial charge in [-0.05, 0) is 28.2 Å². The van der Waals surface area contributed by atoms with Gasteiger partial charge in [-0.25, -0.2) is 0 Å². The van der Waals surface area contributed by atoms with Crippen molar-refractivity contribution in [3.63, 3.8) is 0 Å². The SMILES string of the molecule is CCS[C@@H]1O[C@H](COC(C)=O)[C@@H](OC(C)=O)[C@H](OCc2ccc3ccccc3c2)[C@H]1OC(C)=O. The Morgan fingerprint density at radius 3 is 2.21 bits per heavy atom. The molecule has 0 amide bonds. The second-order valence-corrected chi connectivity index (χ2v) is 9.28. The molecule has 0 bridgehead atoms. The fraction of sp³-hybridized carbons (Fsp3) is 0.480. The molecule has 0 radical (unpaired) electrons. The van der Waals surface area contributed by atoms with E-state index in [0.29, 0.717) is 5.75 Å². The van der Waals surface area contributed by atoms with E-state index in [1.165, 1.54) is 32.5 Å². The van der Waals surface area contributed by atoms with E-state index in [1.807, 2.05) is 49.4 Å². The Bertz CT molecular complexity index is 1010. The molecule has 34 heavy (non-hydrogen) atoms. The number of thioether (sulfide) groups is 1. The van der Waals surface area contributed by atoms with Gasteiger partial charge in [0.25, 0.3) is 0 Å². The molecule has 1 aliphatic heterocycles. The van der Waals surface area contributed by atoms with Crippen LogP contribution in [0.15, 0.2) is 42.5 Å². The van der Waals surface area contributed by atoms with E-state index in [-0.39, 0.29) is 13.2 Å². The van der Waals surface area contributed by atoms with Crippen LogP contribution in [0.3, 0.4) is 0 Å². The minimum absolute atomic E-state index is 0.128. The summed E-state index contributed by atoms with van der Waals surface area (Å²) in [6.07, 6.45) is -3.40. The molecule has 2 aromatic carbocycles. The summed E-state index contributed by atoms with van der Waals surface area (Å²) in [5.74, 6) is -0.864. The van der Waals surface area contributed by atoms with Gasteiger partial charge in [0, 0.05) is 20.8 Å². The second kappa shape index (κ2) is 12.2. The summed E-state index contributed by atoms with van der Waals surface area (Å²) < 4.78 is 28.7. The first-order valence-electron chi connectivity index (χ1n) is 11.1. The largest absolute Gasteiger partial charge is 0.463 e. The lowest BCUT2D eigenvalue weighted by Gasteiger charge is -2.44. The number of rotatable bonds is 9. The summed E-state index contributed by atoms with van der Waals surface area (Å²) in [4.78, 5) is 35.3. The molecule has 0 aromatic heterocycles. The zero-order valence-corrected chi connectivity index (χ0v) is 20.5. The molecule has 0 N–H and O–H groups in total. The van der Waals surface area contributed by atoms with Gasteiger partial charge in [0.1, 0.15) is 24.3 Å². The van der Waals surface area contributed by atoms with E-state index >= 15 is 0 Å². The lowest BCUT2D eigenvalue weighted by atomic mass is 9.99. The molecule has 1 fully saturated rings. The number of hydrogen-bond donors (Lipinski definition) is 0. The van der Waals surface area contributed by atoms with Crippen LogP contribution in [0.4, 0.5) is 0 Å². The highest BCUT2D eigenvalue weighted by Crippen LogP contribution is 2.34. The monoisotopic (exact) mass is 490 g/mol. The molecule has 0 saturated carbocycles. The Hall–Kier alpha value is -2.62. The molecule has 3 rings (SSSR count). The average Bonchev–Trinajstić information content (AvgIpc) is 2.78. The number of ether oxygens (including phenoxy) is 5. The van der Waals surface area contributed by atoms with Crippen LogP contribution < -0.4 is 0 Å². The molecule has 9 heteroatoms. The summed E-state index contributed by atoms with van der Waals surface area (Å²) >= 11 is 1.43. The highest BCUT2D eigenvalue weighted by molar-refractivity contribution is 7.99. The Balaban J connectivity index is 1.91. The quantitative estimate of drug-likeness (QED) is 0.385. The molecule has 8 nitrogen and oxygen atoms in total. The van der Waals surface area contributed by atoms with Crippen LogP contribution in [0.2, 0.25) is 0 Å². The summed E-state index contributed by atoms with van der Waals surface area (Å²) in [7, 11) is 0. The topological polar surface area (TPSA) is 97.4 Å². The lowest BCUT2D eigenvalue weighted by Crippen LogP contribution is -2.61. The Kier molecular flexibility index (Phi) is 9.32. The van der Waals surface area contributed by atoms with Gasteiger partial charge in [-0.2, -0.15) is 0 Å². The maximum absolute atomic E-state index is 11.9. The second-order valence-electron chi connectivity index (χ2n) is 7.91. The van der Waals surface area contributed by atoms with Crippen LogP contribution in [-0.2, 0) is 44.7 Å². The predicted octanol–water partition coefficient (Wildman–Crippen LogP) is 3.63. The fourth-order valence-electron chi connectivity index (χ4n) is 3.87. The smallest absolute Gasteiger partial charge is 0.303 e. The summed E-state index contributed by atoms with van der Waals surface area (Å²) in [5.41, 5.74) is 0.312. The van der Waals surface area contributed by atoms with Crippen LogP contribution in [0.5, 0.6) is 0 Å². The van der Waals surface area contributed by atoms with Crippen molar-refractivity contribution in [1.82, 2.24) is 0 Å². The molecule has 1 heterocycles. The molecular weight excluding hydrogens is 460 g/mol. The van der Waals surface area contributed by atoms with Gasteiger partial charge in [-0.3, -0.25) is 14.4 Å². The first kappa shape index (κ1) is 26.0. The standard InChI is InChI=1S/C25H30O8S/c1-5-34-25-24(32-17(4)28)23(22(31-16(3)27)21(33-25)14-29-15(2)26)30-13-18-10-11-19-8-6-7-9-20(19)12-18/h6-12,21-25H,5,13-14H2,1-4H3/t21-,22-,23+,24-,25+/m1/s1. The van der Waals surface area contributed by atoms with Gasteiger partial charge >= 0.3 is 17.9 Å². The third-order valence-electron chi connectivity index (χ3n) is 5.23. The van der Waals surface area contributed by atoms with E-state index in [9.17, 15) is 14.4 Å². The van der Waals surface area contributed by atoms with Gasteiger partial charge in [0.2, 0.25) is 0 Å². The van der Waals surface area contributed by atoms with Gasteiger partial charge in [-0.15, -0.1) is 11.8 Å². The molecule has 1 saturated heterocycles. The third kappa shape index (κ3) is 6.94. The highest BCUT2D eigenvalue weighted by Gasteiger charge is 2.50. The van der Waals surface area contributed by atoms with Crippen molar-refractivity contribution in [2.75, 3.05) is 12.4 Å². The fourth-order valence-corrected chi connectivity index (χ4v) is 4.82. The summed E-state index contributed by atoms with van der Waals surface area (Å²) in [6, 6.07) is 14.0. The number of fused-ring (bicyclic) bond motifs is 1. The molecule has 0 unspecified atom stereocenters. The van der Waals surface area contributed by atoms with E-state index < -0.39 is 47.8 Å². The number of hydrogen-bond acceptors (Lipinski definition) is 9. The highest BCUT2D eigenvalue weighted by atomic mass is 32.2. The number of carbonyl (C=O) groups excluding carboxylic acids is 3. The van der Waals surface area contributed by atoms with Crippen molar-refractivity contribution in [3.8, 4) is 0 Å². The predicted molar refractivity (Wildman–Crippen MR) is 127 cm³/mol. The molecular formula is C25H30O8S. The maximum atomic E-state index is 11.9. The lowest BCUT2D eigenvalue weighted by molar-refractivity contribution is -0.241. The molecule has 0 spiro atoms. The third-order valence-corrected chi connectivity index (χ3v) is 6.27. The van der Waals surface area contributed by atoms with Crippen LogP contribution >= 0.6 is 11.8 Å². The zero-order valence-electron chi connectivity index (χ0n) is 19.7. The zero-order chi connectivity index (χ0) is 24.7. The molecule has 5 atom stereocenters. The summed E-state index contributed by atoms with van der Waals surface area (Å²) in [5, 5.41) is 2.17. The first-order chi connectivity index (χ1) is 16.3. The molecule has 1 aliphatic rings. The van der Waals surface area contributed by atoms with Crippen LogP contribution in [0, 0.1) is 0 Å².